The second kappa shape index (κ2) is 6.46. The van der Waals surface area contributed by atoms with Crippen LogP contribution in [0.2, 0.25) is 0 Å². The Morgan fingerprint density at radius 2 is 1.48 bits per heavy atom. The molecule has 118 valence electrons. The minimum absolute atomic E-state index is 0.480. The van der Waals surface area contributed by atoms with E-state index in [-0.39, 0.29) is 0 Å². The number of nitrogens with one attached hydrogen (secondary N) is 1. The summed E-state index contributed by atoms with van der Waals surface area (Å²) in [5.74, 6) is 2.02. The minimum Gasteiger partial charge on any atom is -0.493 e. The minimum atomic E-state index is 0.480. The van der Waals surface area contributed by atoms with Crippen LogP contribution in [0.5, 0.6) is 17.2 Å². The first kappa shape index (κ1) is 15.8. The SMILES string of the molecule is COc1cc(NC2CCC(C)(C)CC2)cc(OC)c1OC. The maximum Gasteiger partial charge on any atom is 0.203 e. The number of ether oxygens (including phenoxy) is 3. The third-order valence-electron chi connectivity index (χ3n) is 4.37. The molecule has 0 aliphatic heterocycles. The molecule has 4 heteroatoms. The molecule has 0 atom stereocenters. The number of rotatable bonds is 5. The van der Waals surface area contributed by atoms with Gasteiger partial charge in [0, 0.05) is 23.9 Å². The molecular formula is C17H27NO3. The summed E-state index contributed by atoms with van der Waals surface area (Å²) in [5, 5.41) is 3.60. The number of benzene rings is 1. The lowest BCUT2D eigenvalue weighted by Gasteiger charge is -2.35. The molecule has 0 radical (unpaired) electrons. The van der Waals surface area contributed by atoms with Crippen molar-refractivity contribution in [1.82, 2.24) is 0 Å². The van der Waals surface area contributed by atoms with Crippen molar-refractivity contribution >= 4 is 5.69 Å². The van der Waals surface area contributed by atoms with Crippen molar-refractivity contribution in [2.45, 2.75) is 45.6 Å². The fourth-order valence-electron chi connectivity index (χ4n) is 2.94. The van der Waals surface area contributed by atoms with Crippen LogP contribution in [0.1, 0.15) is 39.5 Å². The van der Waals surface area contributed by atoms with Crippen molar-refractivity contribution in [3.8, 4) is 17.2 Å². The van der Waals surface area contributed by atoms with Crippen molar-refractivity contribution in [2.75, 3.05) is 26.6 Å². The van der Waals surface area contributed by atoms with E-state index in [0.29, 0.717) is 28.7 Å². The standard InChI is InChI=1S/C17H27NO3/c1-17(2)8-6-12(7-9-17)18-13-10-14(19-3)16(21-5)15(11-13)20-4/h10-12,18H,6-9H2,1-5H3. The second-order valence-corrected chi connectivity index (χ2v) is 6.50. The molecule has 2 rings (SSSR count). The molecule has 0 heterocycles. The molecule has 4 nitrogen and oxygen atoms in total. The maximum absolute atomic E-state index is 5.40. The number of methoxy groups -OCH3 is 3. The average molecular weight is 293 g/mol. The highest BCUT2D eigenvalue weighted by atomic mass is 16.5. The zero-order chi connectivity index (χ0) is 15.5. The van der Waals surface area contributed by atoms with Crippen LogP contribution in [0.4, 0.5) is 5.69 Å². The molecule has 0 amide bonds. The summed E-state index contributed by atoms with van der Waals surface area (Å²) >= 11 is 0. The predicted molar refractivity (Wildman–Crippen MR) is 85.8 cm³/mol. The zero-order valence-corrected chi connectivity index (χ0v) is 13.8. The fourth-order valence-corrected chi connectivity index (χ4v) is 2.94. The molecule has 0 unspecified atom stereocenters. The Morgan fingerprint density at radius 3 is 1.90 bits per heavy atom. The van der Waals surface area contributed by atoms with Crippen molar-refractivity contribution < 1.29 is 14.2 Å². The highest BCUT2D eigenvalue weighted by molar-refractivity contribution is 5.62. The van der Waals surface area contributed by atoms with Crippen LogP contribution in [0.15, 0.2) is 12.1 Å². The normalized spacial score (nSPS) is 18.1. The van der Waals surface area contributed by atoms with Gasteiger partial charge in [0.05, 0.1) is 21.3 Å². The Bertz CT molecular complexity index is 450. The number of anilines is 1. The van der Waals surface area contributed by atoms with Crippen LogP contribution in [-0.2, 0) is 0 Å². The largest absolute Gasteiger partial charge is 0.493 e. The van der Waals surface area contributed by atoms with E-state index in [2.05, 4.69) is 19.2 Å². The lowest BCUT2D eigenvalue weighted by molar-refractivity contribution is 0.232. The van der Waals surface area contributed by atoms with Gasteiger partial charge in [0.1, 0.15) is 0 Å². The monoisotopic (exact) mass is 293 g/mol. The van der Waals surface area contributed by atoms with Crippen LogP contribution >= 0.6 is 0 Å². The Balaban J connectivity index is 2.13. The van der Waals surface area contributed by atoms with Crippen LogP contribution < -0.4 is 19.5 Å². The van der Waals surface area contributed by atoms with Crippen molar-refractivity contribution in [3.05, 3.63) is 12.1 Å². The third kappa shape index (κ3) is 3.74. The summed E-state index contributed by atoms with van der Waals surface area (Å²) in [5.41, 5.74) is 1.50. The van der Waals surface area contributed by atoms with E-state index >= 15 is 0 Å². The summed E-state index contributed by atoms with van der Waals surface area (Å²) in [7, 11) is 4.91. The Hall–Kier alpha value is -1.58. The zero-order valence-electron chi connectivity index (χ0n) is 13.8. The molecule has 1 aromatic carbocycles. The number of hydrogen-bond donors (Lipinski definition) is 1. The van der Waals surface area contributed by atoms with E-state index in [4.69, 9.17) is 14.2 Å². The first-order valence-electron chi connectivity index (χ1n) is 7.55. The highest BCUT2D eigenvalue weighted by Gasteiger charge is 2.27. The van der Waals surface area contributed by atoms with Gasteiger partial charge in [-0.05, 0) is 31.1 Å². The first-order valence-corrected chi connectivity index (χ1v) is 7.55. The van der Waals surface area contributed by atoms with Crippen LogP contribution in [0.3, 0.4) is 0 Å². The maximum atomic E-state index is 5.40. The molecule has 21 heavy (non-hydrogen) atoms. The van der Waals surface area contributed by atoms with Gasteiger partial charge >= 0.3 is 0 Å². The van der Waals surface area contributed by atoms with Gasteiger partial charge in [-0.25, -0.2) is 0 Å². The fraction of sp³-hybridized carbons (Fsp3) is 0.647. The van der Waals surface area contributed by atoms with Crippen molar-refractivity contribution in [1.29, 1.82) is 0 Å². The van der Waals surface area contributed by atoms with Gasteiger partial charge in [0.2, 0.25) is 5.75 Å². The summed E-state index contributed by atoms with van der Waals surface area (Å²) < 4.78 is 16.1. The summed E-state index contributed by atoms with van der Waals surface area (Å²) in [6.07, 6.45) is 4.91. The Kier molecular flexibility index (Phi) is 4.86. The molecule has 0 aromatic heterocycles. The lowest BCUT2D eigenvalue weighted by Crippen LogP contribution is -2.29. The van der Waals surface area contributed by atoms with Gasteiger partial charge in [0.15, 0.2) is 11.5 Å². The van der Waals surface area contributed by atoms with E-state index in [1.807, 2.05) is 12.1 Å². The smallest absolute Gasteiger partial charge is 0.203 e. The van der Waals surface area contributed by atoms with Gasteiger partial charge in [-0.15, -0.1) is 0 Å². The van der Waals surface area contributed by atoms with Crippen molar-refractivity contribution in [2.24, 2.45) is 5.41 Å². The lowest BCUT2D eigenvalue weighted by atomic mass is 9.75. The Labute approximate surface area is 127 Å². The Morgan fingerprint density at radius 1 is 0.952 bits per heavy atom. The quantitative estimate of drug-likeness (QED) is 0.887. The van der Waals surface area contributed by atoms with E-state index in [0.717, 1.165) is 5.69 Å². The van der Waals surface area contributed by atoms with Gasteiger partial charge in [-0.3, -0.25) is 0 Å². The van der Waals surface area contributed by atoms with E-state index in [1.54, 1.807) is 21.3 Å². The molecule has 0 bridgehead atoms. The highest BCUT2D eigenvalue weighted by Crippen LogP contribution is 2.41. The van der Waals surface area contributed by atoms with E-state index in [9.17, 15) is 0 Å². The predicted octanol–water partition coefficient (Wildman–Crippen LogP) is 4.09. The summed E-state index contributed by atoms with van der Waals surface area (Å²) in [6.45, 7) is 4.70. The van der Waals surface area contributed by atoms with E-state index in [1.165, 1.54) is 25.7 Å². The molecule has 1 N–H and O–H groups in total. The van der Waals surface area contributed by atoms with Crippen LogP contribution in [0.25, 0.3) is 0 Å². The van der Waals surface area contributed by atoms with Gasteiger partial charge in [-0.2, -0.15) is 0 Å². The molecule has 0 saturated heterocycles. The second-order valence-electron chi connectivity index (χ2n) is 6.50. The first-order chi connectivity index (χ1) is 9.99. The average Bonchev–Trinajstić information content (AvgIpc) is 2.48. The topological polar surface area (TPSA) is 39.7 Å². The summed E-state index contributed by atoms with van der Waals surface area (Å²) in [4.78, 5) is 0. The molecule has 1 saturated carbocycles. The van der Waals surface area contributed by atoms with Gasteiger partial charge < -0.3 is 19.5 Å². The van der Waals surface area contributed by atoms with Gasteiger partial charge in [0.25, 0.3) is 0 Å². The molecule has 0 spiro atoms. The summed E-state index contributed by atoms with van der Waals surface area (Å²) in [6, 6.07) is 4.46. The van der Waals surface area contributed by atoms with E-state index < -0.39 is 0 Å². The molecule has 1 aliphatic rings. The van der Waals surface area contributed by atoms with Crippen molar-refractivity contribution in [3.63, 3.8) is 0 Å². The number of hydrogen-bond acceptors (Lipinski definition) is 4. The van der Waals surface area contributed by atoms with Gasteiger partial charge in [-0.1, -0.05) is 13.8 Å². The molecule has 1 fully saturated rings. The van der Waals surface area contributed by atoms with Crippen LogP contribution in [0, 0.1) is 5.41 Å². The molecule has 1 aliphatic carbocycles. The molecule has 1 aromatic rings. The third-order valence-corrected chi connectivity index (χ3v) is 4.37. The van der Waals surface area contributed by atoms with Crippen LogP contribution in [-0.4, -0.2) is 27.4 Å². The molecular weight excluding hydrogens is 266 g/mol.